The van der Waals surface area contributed by atoms with E-state index in [4.69, 9.17) is 16.3 Å². The van der Waals surface area contributed by atoms with Gasteiger partial charge in [0.2, 0.25) is 5.91 Å². The lowest BCUT2D eigenvalue weighted by Crippen LogP contribution is -2.43. The van der Waals surface area contributed by atoms with Crippen molar-refractivity contribution in [2.45, 2.75) is 25.8 Å². The molecule has 172 valence electrons. The van der Waals surface area contributed by atoms with Crippen molar-refractivity contribution in [3.05, 3.63) is 94.3 Å². The second-order valence-corrected chi connectivity index (χ2v) is 9.05. The van der Waals surface area contributed by atoms with Gasteiger partial charge in [-0.15, -0.1) is 0 Å². The fourth-order valence-corrected chi connectivity index (χ4v) is 4.65. The molecule has 2 atom stereocenters. The van der Waals surface area contributed by atoms with E-state index in [9.17, 15) is 9.18 Å². The molecule has 0 spiro atoms. The van der Waals surface area contributed by atoms with Gasteiger partial charge in [0.1, 0.15) is 11.6 Å². The number of methoxy groups -OCH3 is 1. The second kappa shape index (κ2) is 10.4. The van der Waals surface area contributed by atoms with Crippen molar-refractivity contribution < 1.29 is 13.9 Å². The molecule has 1 amide bonds. The van der Waals surface area contributed by atoms with E-state index in [2.05, 4.69) is 10.2 Å². The van der Waals surface area contributed by atoms with Crippen LogP contribution >= 0.6 is 11.6 Å². The predicted octanol–water partition coefficient (Wildman–Crippen LogP) is 6.04. The molecule has 0 radical (unpaired) electrons. The molecule has 1 aliphatic rings. The van der Waals surface area contributed by atoms with Crippen LogP contribution in [0.1, 0.15) is 29.0 Å². The summed E-state index contributed by atoms with van der Waals surface area (Å²) >= 11 is 6.41. The summed E-state index contributed by atoms with van der Waals surface area (Å²) in [4.78, 5) is 15.5. The van der Waals surface area contributed by atoms with Gasteiger partial charge >= 0.3 is 0 Å². The Balaban J connectivity index is 1.55. The first-order valence-corrected chi connectivity index (χ1v) is 11.5. The van der Waals surface area contributed by atoms with E-state index in [1.807, 2.05) is 60.7 Å². The van der Waals surface area contributed by atoms with Gasteiger partial charge in [0, 0.05) is 30.3 Å². The van der Waals surface area contributed by atoms with Crippen LogP contribution in [0.3, 0.4) is 0 Å². The highest BCUT2D eigenvalue weighted by Crippen LogP contribution is 2.33. The Bertz CT molecular complexity index is 1120. The highest BCUT2D eigenvalue weighted by molar-refractivity contribution is 6.31. The molecular formula is C27H28ClFN2O2. The number of hydrogen-bond acceptors (Lipinski definition) is 3. The third-order valence-electron chi connectivity index (χ3n) is 6.26. The number of benzene rings is 3. The van der Waals surface area contributed by atoms with Crippen LogP contribution in [0.4, 0.5) is 10.1 Å². The van der Waals surface area contributed by atoms with E-state index in [0.717, 1.165) is 34.1 Å². The fraction of sp³-hybridized carbons (Fsp3) is 0.296. The Morgan fingerprint density at radius 2 is 1.88 bits per heavy atom. The summed E-state index contributed by atoms with van der Waals surface area (Å²) in [6, 6.07) is 20.4. The highest BCUT2D eigenvalue weighted by Gasteiger charge is 2.33. The number of piperidine rings is 1. The molecule has 4 rings (SSSR count). The van der Waals surface area contributed by atoms with Crippen LogP contribution in [0.5, 0.6) is 5.75 Å². The number of likely N-dealkylation sites (tertiary alicyclic amines) is 1. The molecule has 1 aliphatic heterocycles. The molecule has 1 saturated heterocycles. The lowest BCUT2D eigenvalue weighted by Gasteiger charge is -2.37. The summed E-state index contributed by atoms with van der Waals surface area (Å²) in [6.07, 6.45) is 0.700. The molecule has 3 aromatic carbocycles. The number of nitrogens with one attached hydrogen (secondary N) is 1. The van der Waals surface area contributed by atoms with Crippen molar-refractivity contribution in [2.75, 3.05) is 25.5 Å². The molecule has 1 fully saturated rings. The molecule has 3 aromatic rings. The number of rotatable bonds is 6. The third kappa shape index (κ3) is 5.73. The number of carbonyl (C=O) groups excluding carboxylic acids is 1. The summed E-state index contributed by atoms with van der Waals surface area (Å²) in [5, 5.41) is 3.76. The monoisotopic (exact) mass is 466 g/mol. The minimum Gasteiger partial charge on any atom is -0.497 e. The first-order valence-electron chi connectivity index (χ1n) is 11.1. The molecule has 0 aromatic heterocycles. The van der Waals surface area contributed by atoms with Gasteiger partial charge in [0.05, 0.1) is 13.0 Å². The van der Waals surface area contributed by atoms with Gasteiger partial charge in [0.25, 0.3) is 0 Å². The summed E-state index contributed by atoms with van der Waals surface area (Å²) in [5.41, 5.74) is 3.44. The van der Waals surface area contributed by atoms with Crippen molar-refractivity contribution in [3.8, 4) is 5.75 Å². The normalized spacial score (nSPS) is 18.7. The van der Waals surface area contributed by atoms with Crippen LogP contribution < -0.4 is 10.1 Å². The second-order valence-electron chi connectivity index (χ2n) is 8.64. The van der Waals surface area contributed by atoms with Crippen LogP contribution in [0, 0.1) is 18.7 Å². The van der Waals surface area contributed by atoms with Crippen molar-refractivity contribution in [2.24, 2.45) is 5.92 Å². The number of aryl methyl sites for hydroxylation is 1. The van der Waals surface area contributed by atoms with Gasteiger partial charge < -0.3 is 10.1 Å². The zero-order valence-corrected chi connectivity index (χ0v) is 19.6. The van der Waals surface area contributed by atoms with Crippen LogP contribution in [0.15, 0.2) is 66.7 Å². The van der Waals surface area contributed by atoms with Gasteiger partial charge in [-0.05, 0) is 72.4 Å². The summed E-state index contributed by atoms with van der Waals surface area (Å²) in [6.45, 7) is 3.84. The molecular weight excluding hydrogens is 439 g/mol. The van der Waals surface area contributed by atoms with Gasteiger partial charge in [-0.2, -0.15) is 0 Å². The van der Waals surface area contributed by atoms with Crippen LogP contribution in [0.2, 0.25) is 5.02 Å². The molecule has 33 heavy (non-hydrogen) atoms. The van der Waals surface area contributed by atoms with E-state index in [1.165, 1.54) is 6.07 Å². The SMILES string of the molecule is COc1ccc(NC(=O)[C@H]2C[C@@H](c3ccc(F)c(C)c3)CN(Cc3ccccc3Cl)C2)cc1. The molecule has 1 N–H and O–H groups in total. The molecule has 0 bridgehead atoms. The van der Waals surface area contributed by atoms with Crippen LogP contribution in [-0.2, 0) is 11.3 Å². The average Bonchev–Trinajstić information content (AvgIpc) is 2.82. The fourth-order valence-electron chi connectivity index (χ4n) is 4.46. The smallest absolute Gasteiger partial charge is 0.228 e. The summed E-state index contributed by atoms with van der Waals surface area (Å²) in [7, 11) is 1.61. The van der Waals surface area contributed by atoms with Gasteiger partial charge in [-0.1, -0.05) is 41.9 Å². The number of carbonyl (C=O) groups is 1. The van der Waals surface area contributed by atoms with E-state index in [-0.39, 0.29) is 23.6 Å². The van der Waals surface area contributed by atoms with Crippen molar-refractivity contribution >= 4 is 23.2 Å². The largest absolute Gasteiger partial charge is 0.497 e. The number of anilines is 1. The standard InChI is InChI=1S/C27H28ClFN2O2/c1-18-13-19(7-12-26(18)29)21-14-22(27(32)30-23-8-10-24(33-2)11-9-23)17-31(16-21)15-20-5-3-4-6-25(20)28/h3-13,21-22H,14-17H2,1-2H3,(H,30,32)/t21-,22+/m1/s1. The lowest BCUT2D eigenvalue weighted by atomic mass is 9.83. The van der Waals surface area contributed by atoms with E-state index in [0.29, 0.717) is 25.1 Å². The quantitative estimate of drug-likeness (QED) is 0.481. The van der Waals surface area contributed by atoms with Crippen molar-refractivity contribution in [3.63, 3.8) is 0 Å². The molecule has 0 unspecified atom stereocenters. The molecule has 6 heteroatoms. The number of nitrogens with zero attached hydrogens (tertiary/aromatic N) is 1. The maximum absolute atomic E-state index is 13.9. The van der Waals surface area contributed by atoms with Gasteiger partial charge in [-0.3, -0.25) is 9.69 Å². The Morgan fingerprint density at radius 3 is 2.58 bits per heavy atom. The first kappa shape index (κ1) is 23.3. The minimum atomic E-state index is -0.212. The average molecular weight is 467 g/mol. The van der Waals surface area contributed by atoms with Gasteiger partial charge in [0.15, 0.2) is 0 Å². The third-order valence-corrected chi connectivity index (χ3v) is 6.63. The van der Waals surface area contributed by atoms with Crippen molar-refractivity contribution in [1.82, 2.24) is 4.90 Å². The molecule has 0 aliphatic carbocycles. The van der Waals surface area contributed by atoms with Crippen molar-refractivity contribution in [1.29, 1.82) is 0 Å². The van der Waals surface area contributed by atoms with Crippen LogP contribution in [-0.4, -0.2) is 31.0 Å². The maximum atomic E-state index is 13.9. The Morgan fingerprint density at radius 1 is 1.12 bits per heavy atom. The molecule has 4 nitrogen and oxygen atoms in total. The zero-order chi connectivity index (χ0) is 23.4. The number of halogens is 2. The Kier molecular flexibility index (Phi) is 7.31. The minimum absolute atomic E-state index is 0.0205. The Hall–Kier alpha value is -2.89. The Labute approximate surface area is 199 Å². The highest BCUT2D eigenvalue weighted by atomic mass is 35.5. The maximum Gasteiger partial charge on any atom is 0.228 e. The summed E-state index contributed by atoms with van der Waals surface area (Å²) < 4.78 is 19.1. The molecule has 1 heterocycles. The predicted molar refractivity (Wildman–Crippen MR) is 130 cm³/mol. The van der Waals surface area contributed by atoms with E-state index < -0.39 is 0 Å². The number of hydrogen-bond donors (Lipinski definition) is 1. The topological polar surface area (TPSA) is 41.6 Å². The van der Waals surface area contributed by atoms with Gasteiger partial charge in [-0.25, -0.2) is 4.39 Å². The number of amides is 1. The van der Waals surface area contributed by atoms with E-state index in [1.54, 1.807) is 14.0 Å². The van der Waals surface area contributed by atoms with E-state index >= 15 is 0 Å². The zero-order valence-electron chi connectivity index (χ0n) is 18.9. The molecule has 0 saturated carbocycles. The first-order chi connectivity index (χ1) is 15.9. The van der Waals surface area contributed by atoms with Crippen LogP contribution in [0.25, 0.3) is 0 Å². The lowest BCUT2D eigenvalue weighted by molar-refractivity contribution is -0.121. The number of ether oxygens (including phenoxy) is 1. The summed E-state index contributed by atoms with van der Waals surface area (Å²) in [5.74, 6) is 0.415.